The minimum absolute atomic E-state index is 0.231. The number of fused-ring (bicyclic) bond motifs is 2. The van der Waals surface area contributed by atoms with Crippen LogP contribution in [-0.4, -0.2) is 59.6 Å². The fourth-order valence-electron chi connectivity index (χ4n) is 5.49. The zero-order chi connectivity index (χ0) is 19.8. The first kappa shape index (κ1) is 19.9. The summed E-state index contributed by atoms with van der Waals surface area (Å²) in [6.07, 6.45) is 3.18. The molecule has 0 amide bonds. The molecule has 2 unspecified atom stereocenters. The minimum atomic E-state index is -0.437. The van der Waals surface area contributed by atoms with E-state index < -0.39 is 11.6 Å². The van der Waals surface area contributed by atoms with Crippen molar-refractivity contribution in [3.8, 4) is 0 Å². The van der Waals surface area contributed by atoms with Crippen LogP contribution in [0.25, 0.3) is 0 Å². The van der Waals surface area contributed by atoms with Gasteiger partial charge in [0.25, 0.3) is 0 Å². The molecular weight excluding hydrogens is 390 g/mol. The summed E-state index contributed by atoms with van der Waals surface area (Å²) in [5.41, 5.74) is 1.06. The summed E-state index contributed by atoms with van der Waals surface area (Å²) in [6.45, 7) is 12.9. The zero-order valence-corrected chi connectivity index (χ0v) is 19.5. The lowest BCUT2D eigenvalue weighted by molar-refractivity contribution is -0.146. The summed E-state index contributed by atoms with van der Waals surface area (Å²) in [7, 11) is -0.562. The Labute approximate surface area is 171 Å². The first-order valence-electron chi connectivity index (χ1n) is 10.5. The Morgan fingerprint density at radius 1 is 0.714 bits per heavy atom. The molecule has 0 bridgehead atoms. The molecule has 0 aliphatic carbocycles. The second-order valence-electron chi connectivity index (χ2n) is 9.55. The van der Waals surface area contributed by atoms with E-state index >= 15 is 0 Å². The highest BCUT2D eigenvalue weighted by Crippen LogP contribution is 2.58. The van der Waals surface area contributed by atoms with Crippen LogP contribution >= 0.6 is 15.8 Å². The van der Waals surface area contributed by atoms with Crippen LogP contribution in [0.2, 0.25) is 0 Å². The van der Waals surface area contributed by atoms with Gasteiger partial charge in [-0.2, -0.15) is 0 Å². The van der Waals surface area contributed by atoms with Crippen LogP contribution in [0.5, 0.6) is 0 Å². The van der Waals surface area contributed by atoms with Crippen molar-refractivity contribution in [2.45, 2.75) is 88.9 Å². The monoisotopic (exact) mass is 422 g/mol. The summed E-state index contributed by atoms with van der Waals surface area (Å²) < 4.78 is 25.0. The molecule has 4 aliphatic rings. The fraction of sp³-hybridized carbons (Fsp3) is 0.727. The van der Waals surface area contributed by atoms with Crippen LogP contribution < -0.4 is 10.6 Å². The molecule has 6 heteroatoms. The second-order valence-corrected chi connectivity index (χ2v) is 14.8. The maximum Gasteiger partial charge on any atom is 0.163 e. The number of hydrogen-bond acceptors (Lipinski definition) is 4. The molecule has 154 valence electrons. The van der Waals surface area contributed by atoms with Gasteiger partial charge in [-0.15, -0.1) is 0 Å². The van der Waals surface area contributed by atoms with Crippen molar-refractivity contribution in [1.82, 2.24) is 0 Å². The molecular formula is C22H32O4P2. The number of rotatable bonds is 2. The predicted octanol–water partition coefficient (Wildman–Crippen LogP) is 3.75. The molecule has 0 aromatic heterocycles. The minimum Gasteiger partial charge on any atom is -0.344 e. The van der Waals surface area contributed by atoms with E-state index in [-0.39, 0.29) is 40.3 Å². The highest BCUT2D eigenvalue weighted by atomic mass is 31.1. The highest BCUT2D eigenvalue weighted by molar-refractivity contribution is 7.73. The van der Waals surface area contributed by atoms with Gasteiger partial charge in [0.15, 0.2) is 11.6 Å². The highest BCUT2D eigenvalue weighted by Gasteiger charge is 2.54. The van der Waals surface area contributed by atoms with Gasteiger partial charge in [0, 0.05) is 23.6 Å². The fourth-order valence-corrected chi connectivity index (χ4v) is 12.0. The SMILES string of the molecule is C[C@H]1[C@H]2OC(C)(C)O[C@@H]2CP1c1ccccc1P1C[C@H]2OC(C)(C)O[C@@H]2[C@@H]1C. The third kappa shape index (κ3) is 3.20. The van der Waals surface area contributed by atoms with Crippen LogP contribution in [0.4, 0.5) is 0 Å². The first-order chi connectivity index (χ1) is 13.2. The molecule has 4 fully saturated rings. The van der Waals surface area contributed by atoms with Crippen LogP contribution in [0, 0.1) is 0 Å². The van der Waals surface area contributed by atoms with E-state index in [9.17, 15) is 0 Å². The van der Waals surface area contributed by atoms with Crippen LogP contribution in [0.15, 0.2) is 24.3 Å². The van der Waals surface area contributed by atoms with Gasteiger partial charge >= 0.3 is 0 Å². The Bertz CT molecular complexity index is 704. The van der Waals surface area contributed by atoms with Crippen molar-refractivity contribution in [3.63, 3.8) is 0 Å². The van der Waals surface area contributed by atoms with Crippen LogP contribution in [0.1, 0.15) is 41.5 Å². The van der Waals surface area contributed by atoms with E-state index in [1.807, 2.05) is 27.7 Å². The molecule has 0 N–H and O–H groups in total. The average Bonchev–Trinajstić information content (AvgIpc) is 3.27. The summed E-state index contributed by atoms with van der Waals surface area (Å²) >= 11 is 0. The van der Waals surface area contributed by atoms with Gasteiger partial charge in [-0.05, 0) is 38.3 Å². The summed E-state index contributed by atoms with van der Waals surface area (Å²) in [5.74, 6) is -0.874. The lowest BCUT2D eigenvalue weighted by Crippen LogP contribution is -2.32. The number of benzene rings is 1. The predicted molar refractivity (Wildman–Crippen MR) is 116 cm³/mol. The first-order valence-corrected chi connectivity index (χ1v) is 13.7. The van der Waals surface area contributed by atoms with E-state index in [1.54, 1.807) is 10.6 Å². The van der Waals surface area contributed by atoms with Crippen LogP contribution in [0.3, 0.4) is 0 Å². The summed E-state index contributed by atoms with van der Waals surface area (Å²) in [4.78, 5) is 0. The van der Waals surface area contributed by atoms with Gasteiger partial charge in [0.05, 0.1) is 24.4 Å². The molecule has 4 aliphatic heterocycles. The quantitative estimate of drug-likeness (QED) is 0.681. The Morgan fingerprint density at radius 3 is 1.46 bits per heavy atom. The summed E-state index contributed by atoms with van der Waals surface area (Å²) in [5, 5.41) is 3.14. The average molecular weight is 422 g/mol. The van der Waals surface area contributed by atoms with Crippen molar-refractivity contribution in [3.05, 3.63) is 24.3 Å². The van der Waals surface area contributed by atoms with Crippen molar-refractivity contribution in [2.24, 2.45) is 0 Å². The lowest BCUT2D eigenvalue weighted by atomic mass is 10.2. The second kappa shape index (κ2) is 6.71. The maximum atomic E-state index is 6.27. The third-order valence-electron chi connectivity index (χ3n) is 6.63. The molecule has 5 rings (SSSR count). The Morgan fingerprint density at radius 2 is 1.11 bits per heavy atom. The largest absolute Gasteiger partial charge is 0.344 e. The Balaban J connectivity index is 1.41. The molecule has 0 radical (unpaired) electrons. The lowest BCUT2D eigenvalue weighted by Gasteiger charge is -2.30. The maximum absolute atomic E-state index is 6.27. The molecule has 8 atom stereocenters. The zero-order valence-electron chi connectivity index (χ0n) is 17.7. The van der Waals surface area contributed by atoms with Gasteiger partial charge in [-0.1, -0.05) is 54.0 Å². The van der Waals surface area contributed by atoms with E-state index in [0.29, 0.717) is 11.3 Å². The third-order valence-corrected chi connectivity index (χ3v) is 12.9. The van der Waals surface area contributed by atoms with Crippen molar-refractivity contribution in [2.75, 3.05) is 12.3 Å². The van der Waals surface area contributed by atoms with Crippen molar-refractivity contribution in [1.29, 1.82) is 0 Å². The topological polar surface area (TPSA) is 36.9 Å². The molecule has 0 spiro atoms. The smallest absolute Gasteiger partial charge is 0.163 e. The molecule has 1 aromatic rings. The van der Waals surface area contributed by atoms with Gasteiger partial charge in [-0.3, -0.25) is 0 Å². The van der Waals surface area contributed by atoms with E-state index in [1.165, 1.54) is 0 Å². The molecule has 4 saturated heterocycles. The summed E-state index contributed by atoms with van der Waals surface area (Å²) in [6, 6.07) is 9.17. The Kier molecular flexibility index (Phi) is 4.76. The standard InChI is InChI=1S/C22H32O4P2/c1-13-19-15(23-21(3,4)25-19)11-27(13)17-9-7-8-10-18(17)28-12-16-20(14(28)2)26-22(5,6)24-16/h7-10,13-16,19-20H,11-12H2,1-6H3/t13-,14-,15+,16+,19+,20+,27?,28?/m0/s1. The van der Waals surface area contributed by atoms with Crippen molar-refractivity contribution >= 4 is 26.5 Å². The van der Waals surface area contributed by atoms with E-state index in [0.717, 1.165) is 12.3 Å². The van der Waals surface area contributed by atoms with Crippen molar-refractivity contribution < 1.29 is 18.9 Å². The molecule has 4 nitrogen and oxygen atoms in total. The van der Waals surface area contributed by atoms with Gasteiger partial charge in [-0.25, -0.2) is 0 Å². The molecule has 4 heterocycles. The number of hydrogen-bond donors (Lipinski definition) is 0. The van der Waals surface area contributed by atoms with Crippen LogP contribution in [-0.2, 0) is 18.9 Å². The van der Waals surface area contributed by atoms with E-state index in [2.05, 4.69) is 38.1 Å². The molecule has 28 heavy (non-hydrogen) atoms. The Hall–Kier alpha value is -0.0800. The molecule has 0 saturated carbocycles. The van der Waals surface area contributed by atoms with Gasteiger partial charge in [0.1, 0.15) is 0 Å². The van der Waals surface area contributed by atoms with E-state index in [4.69, 9.17) is 18.9 Å². The van der Waals surface area contributed by atoms with Gasteiger partial charge < -0.3 is 18.9 Å². The normalized spacial score (nSPS) is 45.9. The number of ether oxygens (including phenoxy) is 4. The molecule has 1 aromatic carbocycles. The van der Waals surface area contributed by atoms with Gasteiger partial charge in [0.2, 0.25) is 0 Å².